The van der Waals surface area contributed by atoms with E-state index in [0.717, 1.165) is 5.56 Å². The van der Waals surface area contributed by atoms with Crippen LogP contribution < -0.4 is 4.74 Å². The van der Waals surface area contributed by atoms with E-state index in [9.17, 15) is 9.00 Å². The Hall–Kier alpha value is -1.66. The zero-order valence-electron chi connectivity index (χ0n) is 11.3. The summed E-state index contributed by atoms with van der Waals surface area (Å²) >= 11 is -1.60. The van der Waals surface area contributed by atoms with Gasteiger partial charge >= 0.3 is 5.97 Å². The van der Waals surface area contributed by atoms with E-state index in [0.29, 0.717) is 5.75 Å². The van der Waals surface area contributed by atoms with Gasteiger partial charge in [-0.3, -0.25) is 8.98 Å². The number of ether oxygens (including phenoxy) is 2. The van der Waals surface area contributed by atoms with Crippen LogP contribution in [0.5, 0.6) is 5.75 Å². The number of hydrogen-bond donors (Lipinski definition) is 0. The Balaban J connectivity index is 2.34. The van der Waals surface area contributed by atoms with Crippen molar-refractivity contribution in [3.05, 3.63) is 42.5 Å². The molecule has 1 saturated heterocycles. The molecule has 1 aromatic carbocycles. The second kappa shape index (κ2) is 6.19. The molecule has 0 bridgehead atoms. The third-order valence-corrected chi connectivity index (χ3v) is 4.58. The highest BCUT2D eigenvalue weighted by atomic mass is 32.2. The van der Waals surface area contributed by atoms with Gasteiger partial charge in [0.05, 0.1) is 19.5 Å². The molecule has 1 aliphatic rings. The average Bonchev–Trinajstić information content (AvgIpc) is 2.83. The molecule has 0 spiro atoms. The fourth-order valence-corrected chi connectivity index (χ4v) is 3.41. The van der Waals surface area contributed by atoms with Crippen molar-refractivity contribution >= 4 is 17.0 Å². The van der Waals surface area contributed by atoms with Gasteiger partial charge in [-0.25, -0.2) is 4.21 Å². The molecule has 0 aromatic heterocycles. The minimum atomic E-state index is -1.60. The van der Waals surface area contributed by atoms with Crippen molar-refractivity contribution in [1.29, 1.82) is 0 Å². The summed E-state index contributed by atoms with van der Waals surface area (Å²) < 4.78 is 27.2. The Morgan fingerprint density at radius 1 is 1.35 bits per heavy atom. The summed E-state index contributed by atoms with van der Waals surface area (Å²) in [6.45, 7) is 3.61. The number of hydrogen-bond acceptors (Lipinski definition) is 5. The minimum Gasteiger partial charge on any atom is -0.497 e. The molecule has 6 heteroatoms. The quantitative estimate of drug-likeness (QED) is 0.626. The van der Waals surface area contributed by atoms with Gasteiger partial charge in [-0.15, -0.1) is 6.58 Å². The number of methoxy groups -OCH3 is 2. The van der Waals surface area contributed by atoms with Crippen molar-refractivity contribution in [2.45, 2.75) is 11.4 Å². The number of rotatable bonds is 4. The van der Waals surface area contributed by atoms with Crippen LogP contribution in [0.25, 0.3) is 0 Å². The summed E-state index contributed by atoms with van der Waals surface area (Å²) in [5, 5.41) is -0.574. The fourth-order valence-electron chi connectivity index (χ4n) is 2.19. The van der Waals surface area contributed by atoms with Crippen LogP contribution in [0.15, 0.2) is 36.9 Å². The van der Waals surface area contributed by atoms with Crippen molar-refractivity contribution in [2.75, 3.05) is 14.2 Å². The molecule has 0 amide bonds. The van der Waals surface area contributed by atoms with Crippen LogP contribution in [0, 0.1) is 5.92 Å². The Labute approximate surface area is 120 Å². The smallest absolute Gasteiger partial charge is 0.313 e. The van der Waals surface area contributed by atoms with E-state index < -0.39 is 34.3 Å². The second-order valence-corrected chi connectivity index (χ2v) is 5.56. The van der Waals surface area contributed by atoms with Crippen LogP contribution in [0.2, 0.25) is 0 Å². The molecule has 1 aliphatic heterocycles. The van der Waals surface area contributed by atoms with E-state index in [4.69, 9.17) is 13.7 Å². The van der Waals surface area contributed by atoms with E-state index in [1.807, 2.05) is 0 Å². The highest BCUT2D eigenvalue weighted by Crippen LogP contribution is 2.40. The predicted octanol–water partition coefficient (Wildman–Crippen LogP) is 1.77. The van der Waals surface area contributed by atoms with E-state index in [2.05, 4.69) is 6.58 Å². The van der Waals surface area contributed by atoms with E-state index >= 15 is 0 Å². The molecule has 2 rings (SSSR count). The lowest BCUT2D eigenvalue weighted by molar-refractivity contribution is -0.147. The van der Waals surface area contributed by atoms with Crippen LogP contribution >= 0.6 is 0 Å². The molecule has 4 unspecified atom stereocenters. The van der Waals surface area contributed by atoms with Gasteiger partial charge in [0.2, 0.25) is 0 Å². The third kappa shape index (κ3) is 2.62. The summed E-state index contributed by atoms with van der Waals surface area (Å²) in [4.78, 5) is 11.9. The van der Waals surface area contributed by atoms with Gasteiger partial charge in [-0.05, 0) is 17.7 Å². The first-order chi connectivity index (χ1) is 9.62. The topological polar surface area (TPSA) is 61.8 Å². The van der Waals surface area contributed by atoms with E-state index in [1.165, 1.54) is 13.2 Å². The minimum absolute atomic E-state index is 0.457. The Morgan fingerprint density at radius 2 is 2.00 bits per heavy atom. The Morgan fingerprint density at radius 3 is 2.50 bits per heavy atom. The zero-order valence-corrected chi connectivity index (χ0v) is 12.1. The maximum atomic E-state index is 11.9. The largest absolute Gasteiger partial charge is 0.497 e. The van der Waals surface area contributed by atoms with Gasteiger partial charge in [-0.2, -0.15) is 0 Å². The summed E-state index contributed by atoms with van der Waals surface area (Å²) in [7, 11) is 2.87. The van der Waals surface area contributed by atoms with Gasteiger partial charge in [0.1, 0.15) is 17.8 Å². The third-order valence-electron chi connectivity index (χ3n) is 3.25. The van der Waals surface area contributed by atoms with Gasteiger partial charge in [-0.1, -0.05) is 18.2 Å². The van der Waals surface area contributed by atoms with Gasteiger partial charge < -0.3 is 9.47 Å². The van der Waals surface area contributed by atoms with Crippen LogP contribution in [0.1, 0.15) is 11.7 Å². The van der Waals surface area contributed by atoms with Crippen molar-refractivity contribution in [3.63, 3.8) is 0 Å². The highest BCUT2D eigenvalue weighted by molar-refractivity contribution is 7.81. The first kappa shape index (κ1) is 14.7. The van der Waals surface area contributed by atoms with Gasteiger partial charge in [0, 0.05) is 0 Å². The average molecular weight is 296 g/mol. The van der Waals surface area contributed by atoms with Crippen molar-refractivity contribution in [1.82, 2.24) is 0 Å². The summed E-state index contributed by atoms with van der Waals surface area (Å²) in [5.74, 6) is -0.420. The van der Waals surface area contributed by atoms with Crippen molar-refractivity contribution in [3.8, 4) is 5.75 Å². The highest BCUT2D eigenvalue weighted by Gasteiger charge is 2.47. The molecule has 1 aromatic rings. The van der Waals surface area contributed by atoms with Crippen LogP contribution in [-0.4, -0.2) is 29.6 Å². The summed E-state index contributed by atoms with van der Waals surface area (Å²) in [6.07, 6.45) is 0.860. The zero-order chi connectivity index (χ0) is 14.7. The van der Waals surface area contributed by atoms with E-state index in [-0.39, 0.29) is 0 Å². The molecule has 5 nitrogen and oxygen atoms in total. The van der Waals surface area contributed by atoms with Crippen LogP contribution in [0.4, 0.5) is 0 Å². The summed E-state index contributed by atoms with van der Waals surface area (Å²) in [5.41, 5.74) is 0.749. The molecule has 4 atom stereocenters. The van der Waals surface area contributed by atoms with Crippen LogP contribution in [-0.2, 0) is 24.8 Å². The molecular weight excluding hydrogens is 280 g/mol. The van der Waals surface area contributed by atoms with E-state index in [1.54, 1.807) is 31.4 Å². The molecule has 0 N–H and O–H groups in total. The lowest BCUT2D eigenvalue weighted by Gasteiger charge is -2.17. The first-order valence-electron chi connectivity index (χ1n) is 6.04. The monoisotopic (exact) mass is 296 g/mol. The molecule has 1 heterocycles. The molecule has 1 fully saturated rings. The van der Waals surface area contributed by atoms with Crippen molar-refractivity contribution in [2.24, 2.45) is 5.92 Å². The Kier molecular flexibility index (Phi) is 4.57. The fraction of sp³-hybridized carbons (Fsp3) is 0.357. The van der Waals surface area contributed by atoms with Gasteiger partial charge in [0.15, 0.2) is 11.1 Å². The second-order valence-electron chi connectivity index (χ2n) is 4.30. The molecule has 0 aliphatic carbocycles. The number of carbonyl (C=O) groups is 1. The SMILES string of the molecule is C=CC1C(C(=O)OC)C(c2ccc(OC)cc2)OS1=O. The molecule has 0 radical (unpaired) electrons. The summed E-state index contributed by atoms with van der Waals surface area (Å²) in [6, 6.07) is 7.08. The maximum absolute atomic E-state index is 11.9. The number of benzene rings is 1. The molecular formula is C14H16O5S. The lowest BCUT2D eigenvalue weighted by Crippen LogP contribution is -2.28. The first-order valence-corrected chi connectivity index (χ1v) is 7.18. The normalized spacial score (nSPS) is 28.9. The Bertz CT molecular complexity index is 525. The number of carbonyl (C=O) groups excluding carboxylic acids is 1. The standard InChI is InChI=1S/C14H16O5S/c1-4-11-12(14(15)18-3)13(19-20(11)16)9-5-7-10(17-2)8-6-9/h4-8,11-13H,1H2,2-3H3. The van der Waals surface area contributed by atoms with Crippen molar-refractivity contribution < 1.29 is 22.7 Å². The van der Waals surface area contributed by atoms with Crippen LogP contribution in [0.3, 0.4) is 0 Å². The molecule has 20 heavy (non-hydrogen) atoms. The maximum Gasteiger partial charge on any atom is 0.313 e. The number of esters is 1. The predicted molar refractivity (Wildman–Crippen MR) is 74.5 cm³/mol. The molecule has 108 valence electrons. The van der Waals surface area contributed by atoms with Gasteiger partial charge in [0.25, 0.3) is 0 Å². The molecule has 0 saturated carbocycles. The lowest BCUT2D eigenvalue weighted by atomic mass is 9.92.